The van der Waals surface area contributed by atoms with Gasteiger partial charge in [0.1, 0.15) is 6.20 Å². The molecule has 0 bridgehead atoms. The molecule has 1 heterocycles. The summed E-state index contributed by atoms with van der Waals surface area (Å²) >= 11 is 0. The topological polar surface area (TPSA) is 12.4 Å². The van der Waals surface area contributed by atoms with Gasteiger partial charge in [0.05, 0.1) is 19.8 Å². The number of nitrogens with zero attached hydrogens (tertiary/aromatic N) is 2. The maximum absolute atomic E-state index is 4.08. The molecule has 0 fully saturated rings. The molecule has 11 heavy (non-hydrogen) atoms. The quantitative estimate of drug-likeness (QED) is 0.433. The lowest BCUT2D eigenvalue weighted by molar-refractivity contribution is -0.756. The van der Waals surface area contributed by atoms with E-state index < -0.39 is 0 Å². The minimum atomic E-state index is 0.889. The molecule has 1 aliphatic rings. The van der Waals surface area contributed by atoms with Gasteiger partial charge in [0.2, 0.25) is 0 Å². The molecule has 1 rings (SSSR count). The summed E-state index contributed by atoms with van der Waals surface area (Å²) in [4.78, 5) is 4.08. The zero-order valence-electron chi connectivity index (χ0n) is 7.45. The predicted octanol–water partition coefficient (Wildman–Crippen LogP) is 2.14. The molecule has 0 aromatic carbocycles. The van der Waals surface area contributed by atoms with Crippen LogP contribution in [-0.2, 0) is 0 Å². The third-order valence-corrected chi connectivity index (χ3v) is 2.07. The number of quaternary nitrogens is 1. The van der Waals surface area contributed by atoms with Gasteiger partial charge in [-0.3, -0.25) is 4.48 Å². The van der Waals surface area contributed by atoms with Crippen LogP contribution in [0.25, 0.3) is 0 Å². The van der Waals surface area contributed by atoms with Crippen LogP contribution in [0.2, 0.25) is 0 Å². The Morgan fingerprint density at radius 3 is 2.73 bits per heavy atom. The number of aliphatic imine (C=N–C) groups is 1. The smallest absolute Gasteiger partial charge is 0.194 e. The van der Waals surface area contributed by atoms with Crippen LogP contribution < -0.4 is 0 Å². The van der Waals surface area contributed by atoms with Gasteiger partial charge in [-0.15, -0.1) is 0 Å². The van der Waals surface area contributed by atoms with E-state index in [1.807, 2.05) is 12.5 Å². The van der Waals surface area contributed by atoms with Crippen molar-refractivity contribution in [1.82, 2.24) is 0 Å². The normalized spacial score (nSPS) is 28.2. The summed E-state index contributed by atoms with van der Waals surface area (Å²) in [5, 5.41) is 0. The summed E-state index contributed by atoms with van der Waals surface area (Å²) < 4.78 is 0.889. The van der Waals surface area contributed by atoms with E-state index in [9.17, 15) is 0 Å². The van der Waals surface area contributed by atoms with Gasteiger partial charge in [0.25, 0.3) is 0 Å². The molecule has 0 spiro atoms. The third-order valence-electron chi connectivity index (χ3n) is 2.07. The second kappa shape index (κ2) is 3.67. The van der Waals surface area contributed by atoms with Crippen molar-refractivity contribution in [2.75, 3.05) is 13.6 Å². The first kappa shape index (κ1) is 8.47. The zero-order valence-corrected chi connectivity index (χ0v) is 7.45. The SMILES string of the molecule is CCCCC[N+]1(C)C=CN=C1. The van der Waals surface area contributed by atoms with Crippen molar-refractivity contribution in [2.24, 2.45) is 4.99 Å². The van der Waals surface area contributed by atoms with Gasteiger partial charge < -0.3 is 0 Å². The molecule has 62 valence electrons. The van der Waals surface area contributed by atoms with E-state index in [-0.39, 0.29) is 0 Å². The molecular formula is C9H17N2+. The Hall–Kier alpha value is -0.630. The minimum absolute atomic E-state index is 0.889. The molecular weight excluding hydrogens is 136 g/mol. The highest BCUT2D eigenvalue weighted by atomic mass is 15.3. The van der Waals surface area contributed by atoms with Crippen molar-refractivity contribution in [1.29, 1.82) is 0 Å². The molecule has 0 N–H and O–H groups in total. The van der Waals surface area contributed by atoms with Crippen LogP contribution in [0, 0.1) is 0 Å². The number of hydrogen-bond acceptors (Lipinski definition) is 1. The van der Waals surface area contributed by atoms with Crippen LogP contribution in [0.3, 0.4) is 0 Å². The number of hydrogen-bond donors (Lipinski definition) is 0. The lowest BCUT2D eigenvalue weighted by atomic mass is 10.2. The summed E-state index contributed by atoms with van der Waals surface area (Å²) in [5.74, 6) is 0. The fraction of sp³-hybridized carbons (Fsp3) is 0.667. The fourth-order valence-electron chi connectivity index (χ4n) is 1.25. The molecule has 0 aromatic rings. The van der Waals surface area contributed by atoms with Gasteiger partial charge >= 0.3 is 0 Å². The maximum Gasteiger partial charge on any atom is 0.194 e. The van der Waals surface area contributed by atoms with Gasteiger partial charge in [-0.25, -0.2) is 4.99 Å². The average Bonchev–Trinajstić information content (AvgIpc) is 2.38. The summed E-state index contributed by atoms with van der Waals surface area (Å²) in [7, 11) is 2.18. The molecule has 1 atom stereocenters. The van der Waals surface area contributed by atoms with Crippen molar-refractivity contribution in [3.05, 3.63) is 12.4 Å². The molecule has 0 amide bonds. The molecule has 0 aliphatic carbocycles. The van der Waals surface area contributed by atoms with Gasteiger partial charge in [0.15, 0.2) is 6.34 Å². The van der Waals surface area contributed by atoms with Crippen molar-refractivity contribution in [3.63, 3.8) is 0 Å². The van der Waals surface area contributed by atoms with Crippen LogP contribution in [-0.4, -0.2) is 24.4 Å². The minimum Gasteiger partial charge on any atom is -0.256 e. The van der Waals surface area contributed by atoms with Crippen molar-refractivity contribution in [2.45, 2.75) is 26.2 Å². The highest BCUT2D eigenvalue weighted by Crippen LogP contribution is 2.09. The highest BCUT2D eigenvalue weighted by Gasteiger charge is 2.17. The molecule has 0 saturated heterocycles. The molecule has 0 radical (unpaired) electrons. The van der Waals surface area contributed by atoms with E-state index in [1.165, 1.54) is 25.8 Å². The molecule has 2 nitrogen and oxygen atoms in total. The summed E-state index contributed by atoms with van der Waals surface area (Å²) in [6, 6.07) is 0. The first-order valence-electron chi connectivity index (χ1n) is 4.34. The largest absolute Gasteiger partial charge is 0.256 e. The van der Waals surface area contributed by atoms with Crippen LogP contribution in [0.15, 0.2) is 17.4 Å². The second-order valence-corrected chi connectivity index (χ2v) is 3.34. The van der Waals surface area contributed by atoms with Crippen LogP contribution in [0.5, 0.6) is 0 Å². The van der Waals surface area contributed by atoms with E-state index in [0.717, 1.165) is 4.48 Å². The monoisotopic (exact) mass is 153 g/mol. The molecule has 0 saturated carbocycles. The van der Waals surface area contributed by atoms with Gasteiger partial charge in [0, 0.05) is 0 Å². The summed E-state index contributed by atoms with van der Waals surface area (Å²) in [6.07, 6.45) is 9.93. The van der Waals surface area contributed by atoms with Crippen LogP contribution in [0.1, 0.15) is 26.2 Å². The lowest BCUT2D eigenvalue weighted by Crippen LogP contribution is -2.35. The van der Waals surface area contributed by atoms with Gasteiger partial charge in [-0.1, -0.05) is 13.3 Å². The van der Waals surface area contributed by atoms with Gasteiger partial charge in [-0.05, 0) is 12.8 Å². The van der Waals surface area contributed by atoms with E-state index in [4.69, 9.17) is 0 Å². The Morgan fingerprint density at radius 1 is 1.36 bits per heavy atom. The Bertz CT molecular complexity index is 158. The van der Waals surface area contributed by atoms with E-state index in [0.29, 0.717) is 0 Å². The van der Waals surface area contributed by atoms with Crippen molar-refractivity contribution in [3.8, 4) is 0 Å². The number of unbranched alkanes of at least 4 members (excludes halogenated alkanes) is 2. The Morgan fingerprint density at radius 2 is 2.18 bits per heavy atom. The highest BCUT2D eigenvalue weighted by molar-refractivity contribution is 5.50. The summed E-state index contributed by atoms with van der Waals surface area (Å²) in [6.45, 7) is 3.42. The maximum atomic E-state index is 4.08. The van der Waals surface area contributed by atoms with E-state index in [1.54, 1.807) is 0 Å². The fourth-order valence-corrected chi connectivity index (χ4v) is 1.25. The van der Waals surface area contributed by atoms with E-state index in [2.05, 4.69) is 25.2 Å². The summed E-state index contributed by atoms with van der Waals surface area (Å²) in [5.41, 5.74) is 0. The average molecular weight is 153 g/mol. The molecule has 2 heteroatoms. The van der Waals surface area contributed by atoms with Crippen LogP contribution in [0.4, 0.5) is 0 Å². The van der Waals surface area contributed by atoms with E-state index >= 15 is 0 Å². The Balaban J connectivity index is 2.25. The molecule has 1 unspecified atom stereocenters. The van der Waals surface area contributed by atoms with Crippen molar-refractivity contribution >= 4 is 6.34 Å². The van der Waals surface area contributed by atoms with Crippen LogP contribution >= 0.6 is 0 Å². The Labute approximate surface area is 68.8 Å². The molecule has 0 aromatic heterocycles. The first-order valence-corrected chi connectivity index (χ1v) is 4.34. The second-order valence-electron chi connectivity index (χ2n) is 3.34. The van der Waals surface area contributed by atoms with Gasteiger partial charge in [-0.2, -0.15) is 0 Å². The standard InChI is InChI=1S/C9H17N2/c1-3-4-5-7-11(2)8-6-10-9-11/h6,8-9H,3-5,7H2,1-2H3/q+1. The van der Waals surface area contributed by atoms with Crippen molar-refractivity contribution < 1.29 is 4.48 Å². The predicted molar refractivity (Wildman–Crippen MR) is 48.2 cm³/mol. The lowest BCUT2D eigenvalue weighted by Gasteiger charge is -2.20. The number of rotatable bonds is 4. The molecule has 1 aliphatic heterocycles. The zero-order chi connectivity index (χ0) is 8.16. The third kappa shape index (κ3) is 2.46. The first-order chi connectivity index (χ1) is 5.27. The Kier molecular flexibility index (Phi) is 2.83.